The molecule has 0 aliphatic heterocycles. The van der Waals surface area contributed by atoms with Crippen LogP contribution in [-0.4, -0.2) is 17.7 Å². The number of nitrogens with one attached hydrogen (secondary N) is 2. The maximum atomic E-state index is 12.4. The van der Waals surface area contributed by atoms with E-state index in [2.05, 4.69) is 22.8 Å². The van der Waals surface area contributed by atoms with Gasteiger partial charge in [-0.1, -0.05) is 48.0 Å². The van der Waals surface area contributed by atoms with E-state index in [1.165, 1.54) is 16.9 Å². The molecular weight excluding hydrogens is 424 g/mol. The average molecular weight is 445 g/mol. The minimum atomic E-state index is -0.369. The van der Waals surface area contributed by atoms with Gasteiger partial charge in [-0.25, -0.2) is 4.79 Å². The molecule has 2 aromatic carbocycles. The van der Waals surface area contributed by atoms with Crippen LogP contribution in [0.1, 0.15) is 33.3 Å². The normalized spacial score (nSPS) is 10.4. The van der Waals surface area contributed by atoms with Crippen LogP contribution in [0, 0.1) is 6.92 Å². The van der Waals surface area contributed by atoms with Gasteiger partial charge in [-0.05, 0) is 55.4 Å². The van der Waals surface area contributed by atoms with E-state index in [9.17, 15) is 4.79 Å². The molecule has 150 valence electrons. The van der Waals surface area contributed by atoms with Crippen molar-refractivity contribution in [3.05, 3.63) is 81.2 Å². The third-order valence-corrected chi connectivity index (χ3v) is 5.82. The monoisotopic (exact) mass is 444 g/mol. The van der Waals surface area contributed by atoms with Crippen molar-refractivity contribution in [2.75, 3.05) is 17.2 Å². The summed E-state index contributed by atoms with van der Waals surface area (Å²) in [5.74, 6) is -0.369. The second-order valence-electron chi connectivity index (χ2n) is 6.38. The summed E-state index contributed by atoms with van der Waals surface area (Å²) in [5, 5.41) is 7.93. The highest BCUT2D eigenvalue weighted by Crippen LogP contribution is 2.31. The molecule has 0 saturated carbocycles. The first-order valence-electron chi connectivity index (χ1n) is 9.14. The van der Waals surface area contributed by atoms with E-state index in [1.807, 2.05) is 49.4 Å². The number of rotatable bonds is 6. The largest absolute Gasteiger partial charge is 0.462 e. The van der Waals surface area contributed by atoms with Gasteiger partial charge in [0.1, 0.15) is 5.00 Å². The number of carbonyl (C=O) groups excluding carboxylic acids is 1. The van der Waals surface area contributed by atoms with Gasteiger partial charge in [-0.3, -0.25) is 0 Å². The smallest absolute Gasteiger partial charge is 0.341 e. The van der Waals surface area contributed by atoms with Crippen LogP contribution in [0.4, 0.5) is 10.7 Å². The Hall–Kier alpha value is -2.41. The molecule has 4 nitrogen and oxygen atoms in total. The Morgan fingerprint density at radius 3 is 2.59 bits per heavy atom. The van der Waals surface area contributed by atoms with Crippen LogP contribution in [0.15, 0.2) is 54.6 Å². The molecule has 3 rings (SSSR count). The first-order valence-corrected chi connectivity index (χ1v) is 10.7. The molecule has 0 spiro atoms. The topological polar surface area (TPSA) is 50.4 Å². The summed E-state index contributed by atoms with van der Waals surface area (Å²) in [6.07, 6.45) is 0.730. The van der Waals surface area contributed by atoms with Gasteiger partial charge in [0.05, 0.1) is 12.2 Å². The highest BCUT2D eigenvalue weighted by atomic mass is 35.5. The number of carbonyl (C=O) groups is 1. The van der Waals surface area contributed by atoms with Crippen molar-refractivity contribution in [1.29, 1.82) is 0 Å². The van der Waals surface area contributed by atoms with E-state index in [0.717, 1.165) is 22.5 Å². The van der Waals surface area contributed by atoms with Gasteiger partial charge >= 0.3 is 5.97 Å². The van der Waals surface area contributed by atoms with E-state index in [0.29, 0.717) is 27.3 Å². The molecule has 0 aliphatic carbocycles. The van der Waals surface area contributed by atoms with Gasteiger partial charge in [0.2, 0.25) is 0 Å². The van der Waals surface area contributed by atoms with Crippen LogP contribution < -0.4 is 10.6 Å². The number of thiophene rings is 1. The van der Waals surface area contributed by atoms with E-state index in [-0.39, 0.29) is 5.97 Å². The first-order chi connectivity index (χ1) is 14.0. The Labute approximate surface area is 184 Å². The van der Waals surface area contributed by atoms with Crippen LogP contribution in [0.3, 0.4) is 0 Å². The Morgan fingerprint density at radius 1 is 1.14 bits per heavy atom. The van der Waals surface area contributed by atoms with Crippen molar-refractivity contribution < 1.29 is 9.53 Å². The summed E-state index contributed by atoms with van der Waals surface area (Å²) in [4.78, 5) is 13.5. The number of hydrogen-bond donors (Lipinski definition) is 2. The zero-order valence-corrected chi connectivity index (χ0v) is 18.5. The maximum absolute atomic E-state index is 12.4. The fourth-order valence-electron chi connectivity index (χ4n) is 2.72. The lowest BCUT2D eigenvalue weighted by molar-refractivity contribution is 0.0528. The van der Waals surface area contributed by atoms with Gasteiger partial charge in [0.25, 0.3) is 0 Å². The lowest BCUT2D eigenvalue weighted by atomic mass is 10.1. The Bertz CT molecular complexity index is 1020. The van der Waals surface area contributed by atoms with E-state index in [4.69, 9.17) is 28.6 Å². The van der Waals surface area contributed by atoms with Gasteiger partial charge < -0.3 is 15.4 Å². The summed E-state index contributed by atoms with van der Waals surface area (Å²) < 4.78 is 5.21. The van der Waals surface area contributed by atoms with Gasteiger partial charge in [-0.2, -0.15) is 0 Å². The zero-order chi connectivity index (χ0) is 20.8. The second kappa shape index (κ2) is 9.87. The number of thiocarbonyl (C=S) groups is 1. The molecule has 0 saturated heterocycles. The van der Waals surface area contributed by atoms with Crippen LogP contribution in [0.2, 0.25) is 5.02 Å². The van der Waals surface area contributed by atoms with Crippen LogP contribution in [-0.2, 0) is 11.2 Å². The van der Waals surface area contributed by atoms with Crippen molar-refractivity contribution in [3.8, 4) is 0 Å². The lowest BCUT2D eigenvalue weighted by Crippen LogP contribution is -2.20. The zero-order valence-electron chi connectivity index (χ0n) is 16.1. The Balaban J connectivity index is 1.79. The maximum Gasteiger partial charge on any atom is 0.341 e. The number of benzene rings is 2. The van der Waals surface area contributed by atoms with Crippen molar-refractivity contribution in [3.63, 3.8) is 0 Å². The van der Waals surface area contributed by atoms with Crippen LogP contribution in [0.5, 0.6) is 0 Å². The highest BCUT2D eigenvalue weighted by molar-refractivity contribution is 7.80. The van der Waals surface area contributed by atoms with Crippen molar-refractivity contribution in [2.24, 2.45) is 0 Å². The molecular formula is C22H21ClN2O2S2. The predicted molar refractivity (Wildman–Crippen MR) is 126 cm³/mol. The molecule has 0 amide bonds. The number of ether oxygens (including phenoxy) is 1. The van der Waals surface area contributed by atoms with Crippen molar-refractivity contribution in [2.45, 2.75) is 20.3 Å². The Morgan fingerprint density at radius 2 is 1.90 bits per heavy atom. The molecule has 2 N–H and O–H groups in total. The second-order valence-corrected chi connectivity index (χ2v) is 8.33. The molecule has 0 aliphatic rings. The number of esters is 1. The Kier molecular flexibility index (Phi) is 7.25. The molecule has 0 atom stereocenters. The number of aryl methyl sites for hydroxylation is 1. The fourth-order valence-corrected chi connectivity index (χ4v) is 4.26. The summed E-state index contributed by atoms with van der Waals surface area (Å²) in [6.45, 7) is 4.04. The summed E-state index contributed by atoms with van der Waals surface area (Å²) in [7, 11) is 0. The number of hydrogen-bond acceptors (Lipinski definition) is 4. The molecule has 3 aromatic rings. The average Bonchev–Trinajstić information content (AvgIpc) is 3.08. The number of halogens is 1. The van der Waals surface area contributed by atoms with Gasteiger partial charge in [0, 0.05) is 22.0 Å². The third kappa shape index (κ3) is 5.79. The van der Waals surface area contributed by atoms with Gasteiger partial charge in [0.15, 0.2) is 5.11 Å². The minimum absolute atomic E-state index is 0.312. The molecule has 1 heterocycles. The van der Waals surface area contributed by atoms with E-state index in [1.54, 1.807) is 6.92 Å². The SMILES string of the molecule is CCOC(=O)c1cc(Cc2ccccc2)sc1NC(=S)Nc1ccc(C)c(Cl)c1. The third-order valence-electron chi connectivity index (χ3n) is 4.16. The fraction of sp³-hybridized carbons (Fsp3) is 0.182. The molecule has 0 radical (unpaired) electrons. The predicted octanol–water partition coefficient (Wildman–Crippen LogP) is 6.29. The van der Waals surface area contributed by atoms with Crippen molar-refractivity contribution in [1.82, 2.24) is 0 Å². The van der Waals surface area contributed by atoms with E-state index >= 15 is 0 Å². The molecule has 0 fully saturated rings. The quantitative estimate of drug-likeness (QED) is 0.345. The summed E-state index contributed by atoms with van der Waals surface area (Å²) >= 11 is 13.1. The molecule has 1 aromatic heterocycles. The van der Waals surface area contributed by atoms with Gasteiger partial charge in [-0.15, -0.1) is 11.3 Å². The highest BCUT2D eigenvalue weighted by Gasteiger charge is 2.18. The summed E-state index contributed by atoms with van der Waals surface area (Å²) in [6, 6.07) is 17.6. The molecule has 0 bridgehead atoms. The molecule has 7 heteroatoms. The van der Waals surface area contributed by atoms with Crippen LogP contribution >= 0.6 is 35.2 Å². The molecule has 0 unspecified atom stereocenters. The standard InChI is InChI=1S/C22H21ClN2O2S2/c1-3-27-21(26)18-13-17(11-15-7-5-4-6-8-15)29-20(18)25-22(28)24-16-10-9-14(2)19(23)12-16/h4-10,12-13H,3,11H2,1-2H3,(H2,24,25,28). The molecule has 29 heavy (non-hydrogen) atoms. The number of anilines is 2. The van der Waals surface area contributed by atoms with E-state index < -0.39 is 0 Å². The summed E-state index contributed by atoms with van der Waals surface area (Å²) in [5.41, 5.74) is 3.42. The minimum Gasteiger partial charge on any atom is -0.462 e. The van der Waals surface area contributed by atoms with Crippen LogP contribution in [0.25, 0.3) is 0 Å². The lowest BCUT2D eigenvalue weighted by Gasteiger charge is -2.11. The van der Waals surface area contributed by atoms with Crippen molar-refractivity contribution >= 4 is 56.9 Å². The first kappa shape index (κ1) is 21.3.